The average Bonchev–Trinajstić information content (AvgIpc) is 2.29. The van der Waals surface area contributed by atoms with Crippen LogP contribution < -0.4 is 15.4 Å². The van der Waals surface area contributed by atoms with Crippen molar-refractivity contribution in [2.75, 3.05) is 43.3 Å². The molecule has 1 aromatic heterocycles. The van der Waals surface area contributed by atoms with E-state index in [1.54, 1.807) is 4.68 Å². The van der Waals surface area contributed by atoms with Crippen LogP contribution in [0.3, 0.4) is 0 Å². The lowest BCUT2D eigenvalue weighted by atomic mass is 10.4. The predicted molar refractivity (Wildman–Crippen MR) is 65.4 cm³/mol. The number of rotatable bonds is 1. The lowest BCUT2D eigenvalue weighted by molar-refractivity contribution is -0.626. The molecule has 0 unspecified atom stereocenters. The van der Waals surface area contributed by atoms with E-state index in [9.17, 15) is 0 Å². The second-order valence-electron chi connectivity index (χ2n) is 3.77. The van der Waals surface area contributed by atoms with Crippen molar-refractivity contribution in [2.24, 2.45) is 0 Å². The first-order valence-electron chi connectivity index (χ1n) is 5.37. The highest BCUT2D eigenvalue weighted by atomic mass is 32.2. The van der Waals surface area contributed by atoms with Crippen molar-refractivity contribution in [3.8, 4) is 0 Å². The van der Waals surface area contributed by atoms with Gasteiger partial charge >= 0.3 is 0 Å². The molecule has 1 fully saturated rings. The van der Waals surface area contributed by atoms with Crippen molar-refractivity contribution in [2.45, 2.75) is 0 Å². The third-order valence-electron chi connectivity index (χ3n) is 2.20. The van der Waals surface area contributed by atoms with Gasteiger partial charge in [-0.05, 0) is 6.07 Å². The van der Waals surface area contributed by atoms with Gasteiger partial charge in [-0.25, -0.2) is 8.42 Å². The molecular weight excluding hydrogens is 258 g/mol. The monoisotopic (exact) mass is 275 g/mol. The van der Waals surface area contributed by atoms with E-state index in [0.717, 1.165) is 32.1 Å². The number of morpholine rings is 1. The second kappa shape index (κ2) is 6.53. The number of nitrogen functional groups attached to an aromatic ring is 1. The van der Waals surface area contributed by atoms with Crippen LogP contribution >= 0.6 is 0 Å². The summed E-state index contributed by atoms with van der Waals surface area (Å²) in [6.07, 6.45) is 2.46. The van der Waals surface area contributed by atoms with Crippen LogP contribution in [0.5, 0.6) is 0 Å². The van der Waals surface area contributed by atoms with Crippen LogP contribution in [-0.4, -0.2) is 45.5 Å². The maximum absolute atomic E-state index is 9.08. The van der Waals surface area contributed by atoms with Gasteiger partial charge in [-0.2, -0.15) is 0 Å². The Morgan fingerprint density at radius 3 is 2.44 bits per heavy atom. The topological polar surface area (TPSA) is 99.6 Å². The number of hydrogen-bond acceptors (Lipinski definition) is 6. The lowest BCUT2D eigenvalue weighted by Gasteiger charge is -2.22. The zero-order valence-corrected chi connectivity index (χ0v) is 11.0. The van der Waals surface area contributed by atoms with Crippen LogP contribution in [-0.2, 0) is 14.9 Å². The first kappa shape index (κ1) is 14.7. The largest absolute Gasteiger partial charge is 0.748 e. The van der Waals surface area contributed by atoms with Crippen molar-refractivity contribution in [1.29, 1.82) is 0 Å². The van der Waals surface area contributed by atoms with E-state index >= 15 is 0 Å². The first-order chi connectivity index (χ1) is 8.38. The fourth-order valence-electron chi connectivity index (χ4n) is 1.51. The van der Waals surface area contributed by atoms with Crippen molar-refractivity contribution in [3.05, 3.63) is 24.4 Å². The van der Waals surface area contributed by atoms with Gasteiger partial charge in [0.2, 0.25) is 0 Å². The van der Waals surface area contributed by atoms with Crippen LogP contribution in [0.1, 0.15) is 0 Å². The molecule has 2 rings (SSSR count). The van der Waals surface area contributed by atoms with Gasteiger partial charge < -0.3 is 9.29 Å². The summed E-state index contributed by atoms with van der Waals surface area (Å²) in [6, 6.07) is 5.93. The van der Waals surface area contributed by atoms with Crippen molar-refractivity contribution in [1.82, 2.24) is 0 Å². The summed E-state index contributed by atoms with van der Waals surface area (Å²) in [5, 5.41) is 0. The first-order valence-corrected chi connectivity index (χ1v) is 7.19. The number of nitrogens with two attached hydrogens (primary N) is 1. The number of hydrogen-bond donors (Lipinski definition) is 1. The minimum atomic E-state index is -3.92. The van der Waals surface area contributed by atoms with Gasteiger partial charge in [-0.15, -0.1) is 4.68 Å². The third-order valence-corrected chi connectivity index (χ3v) is 2.20. The molecule has 1 aliphatic rings. The molecule has 18 heavy (non-hydrogen) atoms. The van der Waals surface area contributed by atoms with Crippen LogP contribution in [0.25, 0.3) is 0 Å². The number of aromatic nitrogens is 1. The van der Waals surface area contributed by atoms with Gasteiger partial charge in [-0.3, -0.25) is 10.7 Å². The summed E-state index contributed by atoms with van der Waals surface area (Å²) in [7, 11) is -3.92. The zero-order chi connectivity index (χ0) is 13.6. The Kier molecular flexibility index (Phi) is 5.32. The predicted octanol–water partition coefficient (Wildman–Crippen LogP) is -1.31. The molecule has 0 radical (unpaired) electrons. The number of anilines is 1. The van der Waals surface area contributed by atoms with Crippen molar-refractivity contribution < 1.29 is 22.4 Å². The van der Waals surface area contributed by atoms with Gasteiger partial charge in [0, 0.05) is 12.3 Å². The quantitative estimate of drug-likeness (QED) is 0.388. The molecule has 2 heterocycles. The minimum Gasteiger partial charge on any atom is -0.748 e. The Bertz CT molecular complexity index is 464. The number of pyridine rings is 1. The Morgan fingerprint density at radius 2 is 1.94 bits per heavy atom. The molecule has 0 aromatic carbocycles. The van der Waals surface area contributed by atoms with E-state index in [1.165, 1.54) is 0 Å². The van der Waals surface area contributed by atoms with E-state index < -0.39 is 10.1 Å². The molecule has 0 atom stereocenters. The fourth-order valence-corrected chi connectivity index (χ4v) is 1.51. The Morgan fingerprint density at radius 1 is 1.39 bits per heavy atom. The highest BCUT2D eigenvalue weighted by Gasteiger charge is 2.20. The molecule has 102 valence electrons. The Labute approximate surface area is 106 Å². The molecule has 1 aliphatic heterocycles. The Hall–Kier alpha value is -1.38. The molecule has 0 amide bonds. The molecule has 0 saturated carbocycles. The Balaban J connectivity index is 0.000000280. The molecule has 2 N–H and O–H groups in total. The SMILES string of the molecule is CS(=O)(=O)[O-].N[n+]1ccccc1N1CCOCC1. The van der Waals surface area contributed by atoms with E-state index in [-0.39, 0.29) is 0 Å². The maximum atomic E-state index is 9.08. The van der Waals surface area contributed by atoms with Crippen molar-refractivity contribution in [3.63, 3.8) is 0 Å². The molecule has 7 nitrogen and oxygen atoms in total. The smallest absolute Gasteiger partial charge is 0.299 e. The maximum Gasteiger partial charge on any atom is 0.299 e. The van der Waals surface area contributed by atoms with Gasteiger partial charge in [0.25, 0.3) is 5.82 Å². The molecule has 0 bridgehead atoms. The van der Waals surface area contributed by atoms with Crippen LogP contribution in [0.4, 0.5) is 5.82 Å². The molecule has 8 heteroatoms. The molecular formula is C10H17N3O4S. The van der Waals surface area contributed by atoms with Crippen LogP contribution in [0.15, 0.2) is 24.4 Å². The highest BCUT2D eigenvalue weighted by molar-refractivity contribution is 7.84. The van der Waals surface area contributed by atoms with E-state index in [0.29, 0.717) is 6.26 Å². The summed E-state index contributed by atoms with van der Waals surface area (Å²) in [4.78, 5) is 2.23. The van der Waals surface area contributed by atoms with Gasteiger partial charge in [0.05, 0.1) is 23.3 Å². The summed E-state index contributed by atoms with van der Waals surface area (Å²) < 4.78 is 34.1. The molecule has 1 aromatic rings. The van der Waals surface area contributed by atoms with Crippen LogP contribution in [0.2, 0.25) is 0 Å². The van der Waals surface area contributed by atoms with Gasteiger partial charge in [0.15, 0.2) is 0 Å². The molecule has 1 saturated heterocycles. The highest BCUT2D eigenvalue weighted by Crippen LogP contribution is 2.08. The second-order valence-corrected chi connectivity index (χ2v) is 5.18. The summed E-state index contributed by atoms with van der Waals surface area (Å²) in [5.41, 5.74) is 0. The van der Waals surface area contributed by atoms with Crippen LogP contribution in [0, 0.1) is 0 Å². The fraction of sp³-hybridized carbons (Fsp3) is 0.500. The zero-order valence-electron chi connectivity index (χ0n) is 10.2. The van der Waals surface area contributed by atoms with E-state index in [4.69, 9.17) is 23.6 Å². The standard InChI is InChI=1S/C9H14N3O.CH4O3S/c10-12-4-2-1-3-9(12)11-5-7-13-8-6-11;1-5(2,3)4/h1-4H,5-8,10H2;1H3,(H,2,3,4)/q+1;/p-1. The minimum absolute atomic E-state index is 0.604. The molecule has 0 aliphatic carbocycles. The lowest BCUT2D eigenvalue weighted by Crippen LogP contribution is -2.51. The third kappa shape index (κ3) is 5.80. The van der Waals surface area contributed by atoms with E-state index in [2.05, 4.69) is 4.90 Å². The average molecular weight is 275 g/mol. The summed E-state index contributed by atoms with van der Waals surface area (Å²) >= 11 is 0. The van der Waals surface area contributed by atoms with E-state index in [1.807, 2.05) is 24.4 Å². The van der Waals surface area contributed by atoms with Gasteiger partial charge in [0.1, 0.15) is 19.3 Å². The van der Waals surface area contributed by atoms with Crippen molar-refractivity contribution >= 4 is 15.9 Å². The number of nitrogens with zero attached hydrogens (tertiary/aromatic N) is 2. The summed E-state index contributed by atoms with van der Waals surface area (Å²) in [5.74, 6) is 6.83. The number of ether oxygens (including phenoxy) is 1. The normalized spacial score (nSPS) is 15.8. The molecule has 0 spiro atoms. The summed E-state index contributed by atoms with van der Waals surface area (Å²) in [6.45, 7) is 3.41. The van der Waals surface area contributed by atoms with Gasteiger partial charge in [-0.1, -0.05) is 6.07 Å².